The molecule has 0 aromatic heterocycles. The Labute approximate surface area is 143 Å². The molecule has 0 saturated heterocycles. The third-order valence-corrected chi connectivity index (χ3v) is 3.99. The van der Waals surface area contributed by atoms with Crippen LogP contribution in [0.2, 0.25) is 0 Å². The van der Waals surface area contributed by atoms with E-state index in [0.717, 1.165) is 11.1 Å². The van der Waals surface area contributed by atoms with Crippen LogP contribution in [-0.2, 0) is 17.8 Å². The Bertz CT molecular complexity index is 735. The van der Waals surface area contributed by atoms with Crippen molar-refractivity contribution in [2.24, 2.45) is 0 Å². The van der Waals surface area contributed by atoms with Gasteiger partial charge in [-0.2, -0.15) is 0 Å². The van der Waals surface area contributed by atoms with Gasteiger partial charge in [0.1, 0.15) is 5.75 Å². The minimum Gasteiger partial charge on any atom is -0.496 e. The molecule has 0 saturated carbocycles. The van der Waals surface area contributed by atoms with E-state index in [4.69, 9.17) is 4.74 Å². The molecule has 24 heavy (non-hydrogen) atoms. The van der Waals surface area contributed by atoms with Crippen LogP contribution in [0.5, 0.6) is 5.75 Å². The zero-order chi connectivity index (χ0) is 17.7. The molecule has 0 N–H and O–H groups in total. The molecule has 126 valence electrons. The Morgan fingerprint density at radius 3 is 2.33 bits per heavy atom. The summed E-state index contributed by atoms with van der Waals surface area (Å²) in [7, 11) is 3.34. The number of aryl methyl sites for hydroxylation is 1. The van der Waals surface area contributed by atoms with E-state index in [1.54, 1.807) is 37.3 Å². The summed E-state index contributed by atoms with van der Waals surface area (Å²) in [5.41, 5.74) is 3.59. The summed E-state index contributed by atoms with van der Waals surface area (Å²) in [5, 5.41) is 0. The fraction of sp³-hybridized carbons (Fsp3) is 0.300. The third kappa shape index (κ3) is 4.44. The molecule has 0 unspecified atom stereocenters. The van der Waals surface area contributed by atoms with E-state index < -0.39 is 0 Å². The Hall–Kier alpha value is -2.62. The summed E-state index contributed by atoms with van der Waals surface area (Å²) in [6.45, 7) is 4.09. The highest BCUT2D eigenvalue weighted by atomic mass is 16.5. The number of methoxy groups -OCH3 is 1. The topological polar surface area (TPSA) is 46.6 Å². The van der Waals surface area contributed by atoms with Crippen LogP contribution in [0.4, 0.5) is 0 Å². The number of ketones is 1. The van der Waals surface area contributed by atoms with Crippen molar-refractivity contribution >= 4 is 11.7 Å². The second-order valence-corrected chi connectivity index (χ2v) is 5.99. The summed E-state index contributed by atoms with van der Waals surface area (Å²) < 4.78 is 5.31. The highest BCUT2D eigenvalue weighted by molar-refractivity contribution is 5.94. The van der Waals surface area contributed by atoms with E-state index >= 15 is 0 Å². The van der Waals surface area contributed by atoms with Crippen molar-refractivity contribution in [1.82, 2.24) is 4.90 Å². The fourth-order valence-electron chi connectivity index (χ4n) is 2.49. The Balaban J connectivity index is 2.11. The van der Waals surface area contributed by atoms with Gasteiger partial charge in [-0.1, -0.05) is 29.8 Å². The maximum absolute atomic E-state index is 12.5. The van der Waals surface area contributed by atoms with Gasteiger partial charge in [0.05, 0.1) is 13.5 Å². The van der Waals surface area contributed by atoms with Crippen molar-refractivity contribution < 1.29 is 14.3 Å². The Morgan fingerprint density at radius 1 is 1.08 bits per heavy atom. The molecule has 0 bridgehead atoms. The van der Waals surface area contributed by atoms with Crippen molar-refractivity contribution in [2.75, 3.05) is 14.2 Å². The molecular weight excluding hydrogens is 302 g/mol. The molecule has 4 heteroatoms. The monoisotopic (exact) mass is 325 g/mol. The van der Waals surface area contributed by atoms with Crippen LogP contribution < -0.4 is 4.74 Å². The number of benzene rings is 2. The second-order valence-electron chi connectivity index (χ2n) is 5.99. The SMILES string of the molecule is COc1ccc(C(C)=O)cc1CC(=O)N(C)Cc1ccc(C)cc1. The third-order valence-electron chi connectivity index (χ3n) is 3.99. The molecule has 0 atom stereocenters. The molecule has 0 heterocycles. The molecule has 2 rings (SSSR count). The molecule has 0 spiro atoms. The van der Waals surface area contributed by atoms with Gasteiger partial charge >= 0.3 is 0 Å². The number of ether oxygens (including phenoxy) is 1. The lowest BCUT2D eigenvalue weighted by Crippen LogP contribution is -2.27. The van der Waals surface area contributed by atoms with E-state index in [0.29, 0.717) is 17.9 Å². The van der Waals surface area contributed by atoms with Gasteiger partial charge in [0.2, 0.25) is 5.91 Å². The lowest BCUT2D eigenvalue weighted by atomic mass is 10.0. The summed E-state index contributed by atoms with van der Waals surface area (Å²) in [6.07, 6.45) is 0.201. The molecule has 0 radical (unpaired) electrons. The standard InChI is InChI=1S/C20H23NO3/c1-14-5-7-16(8-6-14)13-21(3)20(23)12-18-11-17(15(2)22)9-10-19(18)24-4/h5-11H,12-13H2,1-4H3. The molecular formula is C20H23NO3. The molecule has 0 aliphatic heterocycles. The number of Topliss-reactive ketones (excluding diaryl/α,β-unsaturated/α-hetero) is 1. The normalized spacial score (nSPS) is 10.3. The lowest BCUT2D eigenvalue weighted by molar-refractivity contribution is -0.129. The molecule has 2 aromatic carbocycles. The van der Waals surface area contributed by atoms with Gasteiger partial charge in [-0.05, 0) is 37.6 Å². The maximum atomic E-state index is 12.5. The minimum absolute atomic E-state index is 0.0189. The summed E-state index contributed by atoms with van der Waals surface area (Å²) in [4.78, 5) is 25.8. The maximum Gasteiger partial charge on any atom is 0.227 e. The number of likely N-dealkylation sites (N-methyl/N-ethyl adjacent to an activating group) is 1. The van der Waals surface area contributed by atoms with E-state index in [2.05, 4.69) is 0 Å². The van der Waals surface area contributed by atoms with Gasteiger partial charge in [-0.25, -0.2) is 0 Å². The van der Waals surface area contributed by atoms with Crippen molar-refractivity contribution in [3.63, 3.8) is 0 Å². The number of amides is 1. The van der Waals surface area contributed by atoms with Crippen LogP contribution in [0.25, 0.3) is 0 Å². The number of carbonyl (C=O) groups excluding carboxylic acids is 2. The summed E-state index contributed by atoms with van der Waals surface area (Å²) >= 11 is 0. The van der Waals surface area contributed by atoms with Gasteiger partial charge < -0.3 is 9.64 Å². The van der Waals surface area contributed by atoms with E-state index in [9.17, 15) is 9.59 Å². The van der Waals surface area contributed by atoms with E-state index in [1.807, 2.05) is 31.2 Å². The average Bonchev–Trinajstić information content (AvgIpc) is 2.56. The highest BCUT2D eigenvalue weighted by Crippen LogP contribution is 2.21. The average molecular weight is 325 g/mol. The predicted octanol–water partition coefficient (Wildman–Crippen LogP) is 3.41. The number of rotatable bonds is 6. The lowest BCUT2D eigenvalue weighted by Gasteiger charge is -2.18. The summed E-state index contributed by atoms with van der Waals surface area (Å²) in [5.74, 6) is 0.575. The van der Waals surface area contributed by atoms with Gasteiger partial charge in [0.25, 0.3) is 0 Å². The zero-order valence-electron chi connectivity index (χ0n) is 14.6. The molecule has 0 aliphatic carbocycles. The smallest absolute Gasteiger partial charge is 0.227 e. The van der Waals surface area contributed by atoms with E-state index in [1.165, 1.54) is 12.5 Å². The van der Waals surface area contributed by atoms with Crippen molar-refractivity contribution in [3.8, 4) is 5.75 Å². The van der Waals surface area contributed by atoms with Crippen LogP contribution >= 0.6 is 0 Å². The first-order valence-corrected chi connectivity index (χ1v) is 7.88. The van der Waals surface area contributed by atoms with Crippen LogP contribution in [0.3, 0.4) is 0 Å². The van der Waals surface area contributed by atoms with Crippen LogP contribution in [0.15, 0.2) is 42.5 Å². The predicted molar refractivity (Wildman–Crippen MR) is 94.4 cm³/mol. The van der Waals surface area contributed by atoms with Crippen LogP contribution in [-0.4, -0.2) is 30.7 Å². The van der Waals surface area contributed by atoms with Crippen molar-refractivity contribution in [3.05, 3.63) is 64.7 Å². The van der Waals surface area contributed by atoms with Gasteiger partial charge in [-0.15, -0.1) is 0 Å². The van der Waals surface area contributed by atoms with Crippen molar-refractivity contribution in [2.45, 2.75) is 26.8 Å². The number of nitrogens with zero attached hydrogens (tertiary/aromatic N) is 1. The Morgan fingerprint density at radius 2 is 1.75 bits per heavy atom. The fourth-order valence-corrected chi connectivity index (χ4v) is 2.49. The van der Waals surface area contributed by atoms with Gasteiger partial charge in [0, 0.05) is 24.7 Å². The molecule has 1 amide bonds. The first-order valence-electron chi connectivity index (χ1n) is 7.88. The van der Waals surface area contributed by atoms with E-state index in [-0.39, 0.29) is 18.1 Å². The molecule has 4 nitrogen and oxygen atoms in total. The first-order chi connectivity index (χ1) is 11.4. The van der Waals surface area contributed by atoms with Gasteiger partial charge in [-0.3, -0.25) is 9.59 Å². The minimum atomic E-state index is -0.0284. The number of carbonyl (C=O) groups is 2. The second kappa shape index (κ2) is 7.77. The largest absolute Gasteiger partial charge is 0.496 e. The molecule has 0 aliphatic rings. The zero-order valence-corrected chi connectivity index (χ0v) is 14.6. The van der Waals surface area contributed by atoms with Crippen LogP contribution in [0, 0.1) is 6.92 Å². The molecule has 0 fully saturated rings. The first kappa shape index (κ1) is 17.7. The van der Waals surface area contributed by atoms with Crippen molar-refractivity contribution in [1.29, 1.82) is 0 Å². The van der Waals surface area contributed by atoms with Gasteiger partial charge in [0.15, 0.2) is 5.78 Å². The quantitative estimate of drug-likeness (QED) is 0.765. The number of hydrogen-bond donors (Lipinski definition) is 0. The van der Waals surface area contributed by atoms with Crippen LogP contribution in [0.1, 0.15) is 34.0 Å². The molecule has 2 aromatic rings. The summed E-state index contributed by atoms with van der Waals surface area (Å²) in [6, 6.07) is 13.3. The Kier molecular flexibility index (Phi) is 5.74. The number of hydrogen-bond acceptors (Lipinski definition) is 3. The highest BCUT2D eigenvalue weighted by Gasteiger charge is 2.15.